The molecule has 0 saturated carbocycles. The fraction of sp³-hybridized carbons (Fsp3) is 0.263. The van der Waals surface area contributed by atoms with Crippen LogP contribution in [0.15, 0.2) is 46.7 Å². The van der Waals surface area contributed by atoms with Gasteiger partial charge in [-0.25, -0.2) is 0 Å². The van der Waals surface area contributed by atoms with Crippen molar-refractivity contribution < 1.29 is 10.4 Å². The normalized spacial score (nSPS) is 13.4. The number of hydrogen-bond acceptors (Lipinski definition) is 4. The third-order valence-electron chi connectivity index (χ3n) is 4.45. The van der Waals surface area contributed by atoms with Crippen molar-refractivity contribution in [1.29, 1.82) is 0 Å². The van der Waals surface area contributed by atoms with E-state index in [0.717, 1.165) is 32.9 Å². The first-order chi connectivity index (χ1) is 11.5. The Morgan fingerprint density at radius 1 is 0.833 bits per heavy atom. The van der Waals surface area contributed by atoms with Gasteiger partial charge in [-0.1, -0.05) is 22.4 Å². The van der Waals surface area contributed by atoms with Gasteiger partial charge in [-0.15, -0.1) is 0 Å². The second-order valence-electron chi connectivity index (χ2n) is 6.30. The van der Waals surface area contributed by atoms with Crippen LogP contribution in [0.1, 0.15) is 44.9 Å². The van der Waals surface area contributed by atoms with Crippen molar-refractivity contribution in [2.24, 2.45) is 10.3 Å². The molecular weight excluding hydrogens is 302 g/mol. The summed E-state index contributed by atoms with van der Waals surface area (Å²) in [4.78, 5) is 0. The highest BCUT2D eigenvalue weighted by atomic mass is 16.4. The zero-order valence-electron chi connectivity index (χ0n) is 14.3. The highest BCUT2D eigenvalue weighted by molar-refractivity contribution is 6.13. The van der Waals surface area contributed by atoms with Gasteiger partial charge in [0.2, 0.25) is 0 Å². The van der Waals surface area contributed by atoms with Gasteiger partial charge in [-0.3, -0.25) is 0 Å². The molecule has 0 unspecified atom stereocenters. The number of benzene rings is 2. The van der Waals surface area contributed by atoms with Crippen LogP contribution >= 0.6 is 0 Å². The first-order valence-electron chi connectivity index (χ1n) is 7.93. The van der Waals surface area contributed by atoms with Crippen molar-refractivity contribution in [2.45, 2.75) is 33.7 Å². The summed E-state index contributed by atoms with van der Waals surface area (Å²) in [5.74, 6) is 0. The third-order valence-corrected chi connectivity index (χ3v) is 4.45. The molecule has 1 heterocycles. The number of nitrogens with zero attached hydrogens (tertiary/aromatic N) is 3. The summed E-state index contributed by atoms with van der Waals surface area (Å²) in [5, 5.41) is 26.9. The molecule has 0 amide bonds. The summed E-state index contributed by atoms with van der Waals surface area (Å²) in [6.07, 6.45) is 0. The molecule has 0 saturated heterocycles. The predicted octanol–water partition coefficient (Wildman–Crippen LogP) is 4.77. The van der Waals surface area contributed by atoms with Crippen molar-refractivity contribution in [2.75, 3.05) is 0 Å². The van der Waals surface area contributed by atoms with E-state index in [1.165, 1.54) is 0 Å². The van der Waals surface area contributed by atoms with Crippen LogP contribution in [0, 0.1) is 0 Å². The molecule has 0 bridgehead atoms. The average Bonchev–Trinajstić information content (AvgIpc) is 2.93. The Kier molecular flexibility index (Phi) is 4.01. The summed E-state index contributed by atoms with van der Waals surface area (Å²) in [6, 6.07) is 12.5. The second-order valence-corrected chi connectivity index (χ2v) is 6.30. The molecular formula is C19H21N3O2. The molecule has 0 aliphatic carbocycles. The third kappa shape index (κ3) is 2.42. The van der Waals surface area contributed by atoms with Crippen LogP contribution in [0.4, 0.5) is 0 Å². The maximum Gasteiger partial charge on any atom is 0.0837 e. The zero-order chi connectivity index (χ0) is 17.4. The molecule has 124 valence electrons. The van der Waals surface area contributed by atoms with Crippen molar-refractivity contribution in [3.63, 3.8) is 0 Å². The molecule has 5 nitrogen and oxygen atoms in total. The standard InChI is InChI=1S/C19H21N3O2/c1-11(2)22-18-7-5-14(12(3)20-23)9-16(18)17-10-15(13(4)21-24)6-8-19(17)22/h5-11,23-24H,1-4H3/b20-12-,21-13+. The maximum absolute atomic E-state index is 9.06. The van der Waals surface area contributed by atoms with E-state index in [-0.39, 0.29) is 0 Å². The lowest BCUT2D eigenvalue weighted by atomic mass is 10.0. The van der Waals surface area contributed by atoms with E-state index in [2.05, 4.69) is 40.9 Å². The maximum atomic E-state index is 9.06. The molecule has 3 rings (SSSR count). The molecule has 5 heteroatoms. The largest absolute Gasteiger partial charge is 0.411 e. The lowest BCUT2D eigenvalue weighted by Crippen LogP contribution is -2.01. The van der Waals surface area contributed by atoms with Crippen molar-refractivity contribution in [3.05, 3.63) is 47.5 Å². The van der Waals surface area contributed by atoms with Gasteiger partial charge in [0.05, 0.1) is 11.4 Å². The fourth-order valence-corrected chi connectivity index (χ4v) is 3.18. The van der Waals surface area contributed by atoms with Gasteiger partial charge in [0.1, 0.15) is 0 Å². The average molecular weight is 323 g/mol. The molecule has 1 aromatic heterocycles. The van der Waals surface area contributed by atoms with Crippen LogP contribution in [0.2, 0.25) is 0 Å². The summed E-state index contributed by atoms with van der Waals surface area (Å²) < 4.78 is 2.29. The highest BCUT2D eigenvalue weighted by Gasteiger charge is 2.15. The van der Waals surface area contributed by atoms with E-state index in [1.54, 1.807) is 13.8 Å². The minimum Gasteiger partial charge on any atom is -0.411 e. The van der Waals surface area contributed by atoms with Crippen LogP contribution in [0.5, 0.6) is 0 Å². The number of fused-ring (bicyclic) bond motifs is 3. The Morgan fingerprint density at radius 2 is 1.25 bits per heavy atom. The summed E-state index contributed by atoms with van der Waals surface area (Å²) >= 11 is 0. The smallest absolute Gasteiger partial charge is 0.0837 e. The molecule has 0 aliphatic heterocycles. The van der Waals surface area contributed by atoms with Gasteiger partial charge in [0, 0.05) is 27.8 Å². The molecule has 0 atom stereocenters. The van der Waals surface area contributed by atoms with E-state index in [9.17, 15) is 0 Å². The quantitative estimate of drug-likeness (QED) is 0.414. The molecule has 0 radical (unpaired) electrons. The first kappa shape index (κ1) is 16.1. The molecule has 3 aromatic rings. The van der Waals surface area contributed by atoms with Crippen LogP contribution in [0.3, 0.4) is 0 Å². The minimum absolute atomic E-state index is 0.307. The summed E-state index contributed by atoms with van der Waals surface area (Å²) in [6.45, 7) is 7.86. The first-order valence-corrected chi connectivity index (χ1v) is 7.93. The number of hydrogen-bond donors (Lipinski definition) is 2. The van der Waals surface area contributed by atoms with Gasteiger partial charge < -0.3 is 15.0 Å². The Hall–Kier alpha value is -2.82. The lowest BCUT2D eigenvalue weighted by molar-refractivity contribution is 0.319. The van der Waals surface area contributed by atoms with E-state index < -0.39 is 0 Å². The monoisotopic (exact) mass is 323 g/mol. The minimum atomic E-state index is 0.307. The molecule has 2 N–H and O–H groups in total. The number of rotatable bonds is 3. The molecule has 24 heavy (non-hydrogen) atoms. The zero-order valence-corrected chi connectivity index (χ0v) is 14.3. The Morgan fingerprint density at radius 3 is 1.58 bits per heavy atom. The molecule has 0 aliphatic rings. The van der Waals surface area contributed by atoms with Gasteiger partial charge >= 0.3 is 0 Å². The fourth-order valence-electron chi connectivity index (χ4n) is 3.18. The highest BCUT2D eigenvalue weighted by Crippen LogP contribution is 2.33. The van der Waals surface area contributed by atoms with Crippen molar-refractivity contribution in [3.8, 4) is 0 Å². The van der Waals surface area contributed by atoms with Gasteiger partial charge in [0.15, 0.2) is 0 Å². The second kappa shape index (κ2) is 6.00. The SMILES string of the molecule is C/C(=N/O)c1ccc2c(c1)c1cc(/C(C)=N/O)ccc1n2C(C)C. The van der Waals surface area contributed by atoms with Gasteiger partial charge in [-0.05, 0) is 63.1 Å². The van der Waals surface area contributed by atoms with Crippen LogP contribution in [-0.2, 0) is 0 Å². The van der Waals surface area contributed by atoms with Crippen molar-refractivity contribution >= 4 is 33.2 Å². The lowest BCUT2D eigenvalue weighted by Gasteiger charge is -2.11. The molecule has 0 fully saturated rings. The van der Waals surface area contributed by atoms with Crippen LogP contribution in [-0.4, -0.2) is 26.4 Å². The van der Waals surface area contributed by atoms with E-state index >= 15 is 0 Å². The van der Waals surface area contributed by atoms with Gasteiger partial charge in [0.25, 0.3) is 0 Å². The van der Waals surface area contributed by atoms with Crippen LogP contribution in [0.25, 0.3) is 21.8 Å². The van der Waals surface area contributed by atoms with E-state index in [0.29, 0.717) is 17.5 Å². The van der Waals surface area contributed by atoms with Gasteiger partial charge in [-0.2, -0.15) is 0 Å². The molecule has 2 aromatic carbocycles. The van der Waals surface area contributed by atoms with Crippen molar-refractivity contribution in [1.82, 2.24) is 4.57 Å². The summed E-state index contributed by atoms with van der Waals surface area (Å²) in [7, 11) is 0. The van der Waals surface area contributed by atoms with E-state index in [4.69, 9.17) is 10.4 Å². The Labute approximate surface area is 140 Å². The number of oxime groups is 2. The van der Waals surface area contributed by atoms with Crippen LogP contribution < -0.4 is 0 Å². The predicted molar refractivity (Wildman–Crippen MR) is 97.8 cm³/mol. The number of aromatic nitrogens is 1. The van der Waals surface area contributed by atoms with E-state index in [1.807, 2.05) is 24.3 Å². The Balaban J connectivity index is 2.42. The topological polar surface area (TPSA) is 70.1 Å². The summed E-state index contributed by atoms with van der Waals surface area (Å²) in [5.41, 5.74) is 5.17. The molecule has 0 spiro atoms. The Bertz CT molecular complexity index is 906.